The molecule has 1 aromatic carbocycles. The van der Waals surface area contributed by atoms with Crippen LogP contribution in [0.15, 0.2) is 23.1 Å². The fourth-order valence-corrected chi connectivity index (χ4v) is 4.34. The van der Waals surface area contributed by atoms with Crippen molar-refractivity contribution in [2.45, 2.75) is 17.9 Å². The summed E-state index contributed by atoms with van der Waals surface area (Å²) in [4.78, 5) is 0.427. The number of rotatable bonds is 2. The fraction of sp³-hybridized carbons (Fsp3) is 0.500. The summed E-state index contributed by atoms with van der Waals surface area (Å²) in [6, 6.07) is 5.20. The molecule has 0 saturated heterocycles. The van der Waals surface area contributed by atoms with Crippen LogP contribution in [0.2, 0.25) is 0 Å². The Labute approximate surface area is 102 Å². The van der Waals surface area contributed by atoms with E-state index in [0.29, 0.717) is 10.6 Å². The first-order valence-corrected chi connectivity index (χ1v) is 7.23. The van der Waals surface area contributed by atoms with E-state index < -0.39 is 9.84 Å². The van der Waals surface area contributed by atoms with Crippen LogP contribution in [0.4, 0.5) is 0 Å². The van der Waals surface area contributed by atoms with Gasteiger partial charge < -0.3 is 10.1 Å². The number of benzene rings is 1. The molecular weight excluding hydrogens is 238 g/mol. The molecule has 1 aliphatic heterocycles. The Morgan fingerprint density at radius 1 is 1.41 bits per heavy atom. The van der Waals surface area contributed by atoms with E-state index in [-0.39, 0.29) is 17.7 Å². The molecule has 5 heteroatoms. The second-order valence-corrected chi connectivity index (χ2v) is 6.43. The van der Waals surface area contributed by atoms with Crippen molar-refractivity contribution in [1.29, 1.82) is 0 Å². The highest BCUT2D eigenvalue weighted by Gasteiger charge is 2.34. The number of hydrogen-bond acceptors (Lipinski definition) is 4. The van der Waals surface area contributed by atoms with Crippen LogP contribution >= 0.6 is 0 Å². The van der Waals surface area contributed by atoms with Crippen LogP contribution < -0.4 is 10.1 Å². The molecule has 1 N–H and O–H groups in total. The summed E-state index contributed by atoms with van der Waals surface area (Å²) < 4.78 is 29.3. The molecule has 0 radical (unpaired) electrons. The molecule has 1 aromatic rings. The second-order valence-electron chi connectivity index (χ2n) is 4.43. The van der Waals surface area contributed by atoms with E-state index in [1.807, 2.05) is 20.0 Å². The van der Waals surface area contributed by atoms with Crippen molar-refractivity contribution in [3.8, 4) is 5.75 Å². The van der Waals surface area contributed by atoms with Gasteiger partial charge in [0.15, 0.2) is 9.84 Å². The average molecular weight is 255 g/mol. The topological polar surface area (TPSA) is 55.4 Å². The number of ether oxygens (including phenoxy) is 1. The molecule has 4 nitrogen and oxygen atoms in total. The maximum atomic E-state index is 12.1. The molecule has 94 valence electrons. The third-order valence-electron chi connectivity index (χ3n) is 3.25. The first kappa shape index (κ1) is 12.4. The standard InChI is InChI=1S/C12H17NO3S/c1-8-7-17(14,15)11-5-4-9(16-3)6-10(11)12(8)13-2/h4-6,8,12-13H,7H2,1-3H3. The van der Waals surface area contributed by atoms with E-state index in [9.17, 15) is 8.42 Å². The van der Waals surface area contributed by atoms with Gasteiger partial charge in [0.05, 0.1) is 17.8 Å². The molecule has 0 aromatic heterocycles. The molecule has 0 fully saturated rings. The van der Waals surface area contributed by atoms with Crippen LogP contribution in [0, 0.1) is 5.92 Å². The van der Waals surface area contributed by atoms with E-state index in [1.165, 1.54) is 0 Å². The minimum Gasteiger partial charge on any atom is -0.497 e. The lowest BCUT2D eigenvalue weighted by Gasteiger charge is -2.31. The van der Waals surface area contributed by atoms with Gasteiger partial charge in [-0.15, -0.1) is 0 Å². The Morgan fingerprint density at radius 2 is 2.12 bits per heavy atom. The van der Waals surface area contributed by atoms with Crippen LogP contribution in [-0.4, -0.2) is 28.3 Å². The van der Waals surface area contributed by atoms with Gasteiger partial charge in [0.2, 0.25) is 0 Å². The maximum absolute atomic E-state index is 12.1. The van der Waals surface area contributed by atoms with Crippen molar-refractivity contribution in [2.24, 2.45) is 5.92 Å². The SMILES string of the molecule is CNC1c2cc(OC)ccc2S(=O)(=O)CC1C. The van der Waals surface area contributed by atoms with Crippen molar-refractivity contribution < 1.29 is 13.2 Å². The quantitative estimate of drug-likeness (QED) is 0.867. The van der Waals surface area contributed by atoms with Crippen molar-refractivity contribution >= 4 is 9.84 Å². The Morgan fingerprint density at radius 3 is 2.71 bits per heavy atom. The predicted molar refractivity (Wildman–Crippen MR) is 66.0 cm³/mol. The first-order chi connectivity index (χ1) is 7.99. The normalized spacial score (nSPS) is 26.3. The van der Waals surface area contributed by atoms with Gasteiger partial charge >= 0.3 is 0 Å². The smallest absolute Gasteiger partial charge is 0.179 e. The molecule has 0 saturated carbocycles. The van der Waals surface area contributed by atoms with Crippen molar-refractivity contribution in [1.82, 2.24) is 5.32 Å². The summed E-state index contributed by atoms with van der Waals surface area (Å²) in [5, 5.41) is 3.18. The highest BCUT2D eigenvalue weighted by Crippen LogP contribution is 2.37. The van der Waals surface area contributed by atoms with Crippen LogP contribution in [0.5, 0.6) is 5.75 Å². The minimum atomic E-state index is -3.15. The molecule has 1 heterocycles. The summed E-state index contributed by atoms with van der Waals surface area (Å²) in [7, 11) is 0.275. The van der Waals surface area contributed by atoms with Crippen LogP contribution in [0.1, 0.15) is 18.5 Å². The van der Waals surface area contributed by atoms with Crippen LogP contribution in [0.25, 0.3) is 0 Å². The second kappa shape index (κ2) is 4.31. The molecule has 17 heavy (non-hydrogen) atoms. The lowest BCUT2D eigenvalue weighted by atomic mass is 9.95. The van der Waals surface area contributed by atoms with Gasteiger partial charge in [-0.3, -0.25) is 0 Å². The number of nitrogens with one attached hydrogen (secondary N) is 1. The van der Waals surface area contributed by atoms with Gasteiger partial charge in [0.25, 0.3) is 0 Å². The molecule has 2 unspecified atom stereocenters. The summed E-state index contributed by atoms with van der Waals surface area (Å²) >= 11 is 0. The number of fused-ring (bicyclic) bond motifs is 1. The minimum absolute atomic E-state index is 0.0589. The van der Waals surface area contributed by atoms with Gasteiger partial charge in [-0.2, -0.15) is 0 Å². The lowest BCUT2D eigenvalue weighted by Crippen LogP contribution is -2.34. The zero-order chi connectivity index (χ0) is 12.6. The molecular formula is C12H17NO3S. The Hall–Kier alpha value is -1.07. The monoisotopic (exact) mass is 255 g/mol. The van der Waals surface area contributed by atoms with E-state index in [0.717, 1.165) is 5.56 Å². The first-order valence-electron chi connectivity index (χ1n) is 5.57. The fourth-order valence-electron chi connectivity index (χ4n) is 2.46. The van der Waals surface area contributed by atoms with Gasteiger partial charge in [-0.05, 0) is 36.7 Å². The molecule has 1 aliphatic rings. The van der Waals surface area contributed by atoms with Gasteiger partial charge in [-0.1, -0.05) is 6.92 Å². The van der Waals surface area contributed by atoms with Crippen molar-refractivity contribution in [3.63, 3.8) is 0 Å². The molecule has 0 amide bonds. The molecule has 0 aliphatic carbocycles. The van der Waals surface area contributed by atoms with E-state index in [2.05, 4.69) is 5.32 Å². The number of sulfone groups is 1. The largest absolute Gasteiger partial charge is 0.497 e. The Bertz CT molecular complexity index is 525. The van der Waals surface area contributed by atoms with Crippen molar-refractivity contribution in [2.75, 3.05) is 19.9 Å². The number of hydrogen-bond donors (Lipinski definition) is 1. The highest BCUT2D eigenvalue weighted by atomic mass is 32.2. The van der Waals surface area contributed by atoms with Crippen molar-refractivity contribution in [3.05, 3.63) is 23.8 Å². The molecule has 0 spiro atoms. The Balaban J connectivity index is 2.63. The highest BCUT2D eigenvalue weighted by molar-refractivity contribution is 7.91. The van der Waals surface area contributed by atoms with Crippen LogP contribution in [-0.2, 0) is 9.84 Å². The van der Waals surface area contributed by atoms with Gasteiger partial charge in [-0.25, -0.2) is 8.42 Å². The molecule has 0 bridgehead atoms. The van der Waals surface area contributed by atoms with E-state index in [1.54, 1.807) is 19.2 Å². The van der Waals surface area contributed by atoms with E-state index in [4.69, 9.17) is 4.74 Å². The van der Waals surface area contributed by atoms with Gasteiger partial charge in [0.1, 0.15) is 5.75 Å². The zero-order valence-electron chi connectivity index (χ0n) is 10.2. The molecule has 2 rings (SSSR count). The molecule has 2 atom stereocenters. The van der Waals surface area contributed by atoms with E-state index >= 15 is 0 Å². The third-order valence-corrected chi connectivity index (χ3v) is 5.26. The van der Waals surface area contributed by atoms with Gasteiger partial charge in [0, 0.05) is 6.04 Å². The van der Waals surface area contributed by atoms with Crippen LogP contribution in [0.3, 0.4) is 0 Å². The third kappa shape index (κ3) is 2.05. The average Bonchev–Trinajstić information content (AvgIpc) is 2.28. The summed E-state index contributed by atoms with van der Waals surface area (Å²) in [5.41, 5.74) is 0.811. The summed E-state index contributed by atoms with van der Waals surface area (Å²) in [5.74, 6) is 0.940. The zero-order valence-corrected chi connectivity index (χ0v) is 11.0. The summed E-state index contributed by atoms with van der Waals surface area (Å²) in [6.45, 7) is 1.95. The number of methoxy groups -OCH3 is 1. The maximum Gasteiger partial charge on any atom is 0.179 e. The summed E-state index contributed by atoms with van der Waals surface area (Å²) in [6.07, 6.45) is 0. The Kier molecular flexibility index (Phi) is 3.14. The predicted octanol–water partition coefficient (Wildman–Crippen LogP) is 1.38. The lowest BCUT2D eigenvalue weighted by molar-refractivity contribution is 0.400.